The first-order valence-corrected chi connectivity index (χ1v) is 9.61. The van der Waals surface area contributed by atoms with Crippen molar-refractivity contribution >= 4 is 17.5 Å². The third-order valence-corrected chi connectivity index (χ3v) is 4.91. The number of hydrogen-bond acceptors (Lipinski definition) is 3. The van der Waals surface area contributed by atoms with Gasteiger partial charge in [0.15, 0.2) is 0 Å². The summed E-state index contributed by atoms with van der Waals surface area (Å²) in [6.07, 6.45) is 1.39. The second kappa shape index (κ2) is 9.35. The Morgan fingerprint density at radius 2 is 1.89 bits per heavy atom. The number of benzene rings is 2. The molecule has 5 nitrogen and oxygen atoms in total. The van der Waals surface area contributed by atoms with Crippen LogP contribution < -0.4 is 10.1 Å². The van der Waals surface area contributed by atoms with Gasteiger partial charge in [-0.1, -0.05) is 24.3 Å². The van der Waals surface area contributed by atoms with Crippen LogP contribution in [0.15, 0.2) is 48.5 Å². The van der Waals surface area contributed by atoms with E-state index in [1.807, 2.05) is 31.2 Å². The Morgan fingerprint density at radius 1 is 1.14 bits per heavy atom. The van der Waals surface area contributed by atoms with Gasteiger partial charge in [-0.25, -0.2) is 4.39 Å². The maximum Gasteiger partial charge on any atom is 0.227 e. The van der Waals surface area contributed by atoms with Gasteiger partial charge in [0.2, 0.25) is 11.8 Å². The van der Waals surface area contributed by atoms with Crippen molar-refractivity contribution in [3.05, 3.63) is 59.9 Å². The molecule has 0 saturated carbocycles. The summed E-state index contributed by atoms with van der Waals surface area (Å²) < 4.78 is 18.8. The number of carbonyl (C=O) groups is 2. The van der Waals surface area contributed by atoms with E-state index < -0.39 is 0 Å². The van der Waals surface area contributed by atoms with Crippen LogP contribution in [-0.2, 0) is 16.0 Å². The highest BCUT2D eigenvalue weighted by molar-refractivity contribution is 5.94. The Morgan fingerprint density at radius 3 is 2.61 bits per heavy atom. The van der Waals surface area contributed by atoms with Crippen LogP contribution in [0, 0.1) is 11.7 Å². The fourth-order valence-electron chi connectivity index (χ4n) is 3.41. The minimum Gasteiger partial charge on any atom is -0.492 e. The number of hydrogen-bond donors (Lipinski definition) is 1. The molecule has 1 saturated heterocycles. The highest BCUT2D eigenvalue weighted by Gasteiger charge is 2.27. The molecule has 1 aliphatic heterocycles. The molecule has 28 heavy (non-hydrogen) atoms. The number of nitrogens with one attached hydrogen (secondary N) is 1. The third kappa shape index (κ3) is 5.09. The van der Waals surface area contributed by atoms with Crippen LogP contribution in [-0.4, -0.2) is 36.4 Å². The summed E-state index contributed by atoms with van der Waals surface area (Å²) in [4.78, 5) is 26.8. The van der Waals surface area contributed by atoms with Gasteiger partial charge in [0, 0.05) is 19.0 Å². The topological polar surface area (TPSA) is 58.6 Å². The summed E-state index contributed by atoms with van der Waals surface area (Å²) in [5.41, 5.74) is 1.33. The molecular weight excluding hydrogens is 359 g/mol. The van der Waals surface area contributed by atoms with E-state index in [2.05, 4.69) is 5.32 Å². The van der Waals surface area contributed by atoms with Gasteiger partial charge in [-0.05, 0) is 49.6 Å². The van der Waals surface area contributed by atoms with Gasteiger partial charge in [-0.2, -0.15) is 0 Å². The van der Waals surface area contributed by atoms with E-state index in [1.165, 1.54) is 12.1 Å². The van der Waals surface area contributed by atoms with Crippen LogP contribution in [0.5, 0.6) is 5.75 Å². The average molecular weight is 384 g/mol. The molecule has 0 atom stereocenters. The van der Waals surface area contributed by atoms with Crippen LogP contribution >= 0.6 is 0 Å². The van der Waals surface area contributed by atoms with Crippen molar-refractivity contribution in [2.24, 2.45) is 5.92 Å². The van der Waals surface area contributed by atoms with Crippen molar-refractivity contribution in [3.63, 3.8) is 0 Å². The molecule has 2 aromatic carbocycles. The lowest BCUT2D eigenvalue weighted by molar-refractivity contribution is -0.133. The Kier molecular flexibility index (Phi) is 6.63. The van der Waals surface area contributed by atoms with E-state index in [0.29, 0.717) is 49.5 Å². The van der Waals surface area contributed by atoms with Crippen LogP contribution in [0.4, 0.5) is 10.1 Å². The van der Waals surface area contributed by atoms with Gasteiger partial charge < -0.3 is 15.0 Å². The second-order valence-electron chi connectivity index (χ2n) is 6.88. The van der Waals surface area contributed by atoms with Crippen LogP contribution in [0.3, 0.4) is 0 Å². The predicted molar refractivity (Wildman–Crippen MR) is 106 cm³/mol. The van der Waals surface area contributed by atoms with Gasteiger partial charge >= 0.3 is 0 Å². The zero-order chi connectivity index (χ0) is 19.9. The summed E-state index contributed by atoms with van der Waals surface area (Å²) in [6, 6.07) is 13.5. The molecule has 1 heterocycles. The first-order chi connectivity index (χ1) is 13.6. The average Bonchev–Trinajstić information content (AvgIpc) is 2.70. The van der Waals surface area contributed by atoms with Gasteiger partial charge in [-0.3, -0.25) is 9.59 Å². The largest absolute Gasteiger partial charge is 0.492 e. The van der Waals surface area contributed by atoms with Crippen LogP contribution in [0.25, 0.3) is 0 Å². The van der Waals surface area contributed by atoms with Crippen molar-refractivity contribution in [3.8, 4) is 5.75 Å². The first kappa shape index (κ1) is 19.9. The standard InChI is InChI=1S/C22H25FN2O3/c1-2-28-20-9-4-3-8-19(20)24-22(27)17-10-12-25(13-11-17)21(26)15-16-6-5-7-18(23)14-16/h3-9,14,17H,2,10-13,15H2,1H3,(H,24,27). The number of halogens is 1. The van der Waals surface area contributed by atoms with Crippen molar-refractivity contribution < 1.29 is 18.7 Å². The number of piperidine rings is 1. The quantitative estimate of drug-likeness (QED) is 0.827. The summed E-state index contributed by atoms with van der Waals surface area (Å²) in [6.45, 7) is 3.48. The lowest BCUT2D eigenvalue weighted by atomic mass is 9.95. The zero-order valence-electron chi connectivity index (χ0n) is 16.0. The fourth-order valence-corrected chi connectivity index (χ4v) is 3.41. The molecule has 0 spiro atoms. The zero-order valence-corrected chi connectivity index (χ0v) is 16.0. The monoisotopic (exact) mass is 384 g/mol. The van der Waals surface area contributed by atoms with Gasteiger partial charge in [0.05, 0.1) is 18.7 Å². The molecule has 0 bridgehead atoms. The van der Waals surface area contributed by atoms with Crippen molar-refractivity contribution in [1.29, 1.82) is 0 Å². The number of para-hydroxylation sites is 2. The number of rotatable bonds is 6. The highest BCUT2D eigenvalue weighted by atomic mass is 19.1. The van der Waals surface area contributed by atoms with Gasteiger partial charge in [-0.15, -0.1) is 0 Å². The molecule has 3 rings (SSSR count). The second-order valence-corrected chi connectivity index (χ2v) is 6.88. The SMILES string of the molecule is CCOc1ccccc1NC(=O)C1CCN(C(=O)Cc2cccc(F)c2)CC1. The van der Waals surface area contributed by atoms with Gasteiger partial charge in [0.1, 0.15) is 11.6 Å². The van der Waals surface area contributed by atoms with E-state index in [1.54, 1.807) is 17.0 Å². The molecule has 0 aromatic heterocycles. The van der Waals surface area contributed by atoms with E-state index >= 15 is 0 Å². The number of ether oxygens (including phenoxy) is 1. The maximum atomic E-state index is 13.3. The van der Waals surface area contributed by atoms with E-state index in [9.17, 15) is 14.0 Å². The molecule has 0 unspecified atom stereocenters. The van der Waals surface area contributed by atoms with Crippen molar-refractivity contribution in [1.82, 2.24) is 4.90 Å². The third-order valence-electron chi connectivity index (χ3n) is 4.91. The lowest BCUT2D eigenvalue weighted by Crippen LogP contribution is -2.42. The van der Waals surface area contributed by atoms with Crippen LogP contribution in [0.1, 0.15) is 25.3 Å². The fraction of sp³-hybridized carbons (Fsp3) is 0.364. The minimum atomic E-state index is -0.340. The predicted octanol–water partition coefficient (Wildman–Crippen LogP) is 3.64. The molecule has 1 aliphatic rings. The van der Waals surface area contributed by atoms with E-state index in [0.717, 1.165) is 0 Å². The minimum absolute atomic E-state index is 0.0360. The molecule has 6 heteroatoms. The van der Waals surface area contributed by atoms with E-state index in [-0.39, 0.29) is 30.0 Å². The van der Waals surface area contributed by atoms with Gasteiger partial charge in [0.25, 0.3) is 0 Å². The number of likely N-dealkylation sites (tertiary alicyclic amines) is 1. The van der Waals surface area contributed by atoms with E-state index in [4.69, 9.17) is 4.74 Å². The molecule has 1 fully saturated rings. The number of amides is 2. The number of nitrogens with zero attached hydrogens (tertiary/aromatic N) is 1. The molecule has 1 N–H and O–H groups in total. The molecular formula is C22H25FN2O3. The summed E-state index contributed by atoms with van der Waals surface area (Å²) >= 11 is 0. The van der Waals surface area contributed by atoms with Crippen molar-refractivity contribution in [2.75, 3.05) is 25.0 Å². The first-order valence-electron chi connectivity index (χ1n) is 9.61. The maximum absolute atomic E-state index is 13.3. The highest BCUT2D eigenvalue weighted by Crippen LogP contribution is 2.26. The smallest absolute Gasteiger partial charge is 0.227 e. The summed E-state index contributed by atoms with van der Waals surface area (Å²) in [5, 5.41) is 2.95. The Bertz CT molecular complexity index is 832. The molecule has 148 valence electrons. The summed E-state index contributed by atoms with van der Waals surface area (Å²) in [5.74, 6) is 0.0810. The molecule has 0 aliphatic carbocycles. The Labute approximate surface area is 164 Å². The normalized spacial score (nSPS) is 14.6. The lowest BCUT2D eigenvalue weighted by Gasteiger charge is -2.31. The molecule has 2 aromatic rings. The number of anilines is 1. The molecule has 0 radical (unpaired) electrons. The summed E-state index contributed by atoms with van der Waals surface area (Å²) in [7, 11) is 0. The number of carbonyl (C=O) groups excluding carboxylic acids is 2. The van der Waals surface area contributed by atoms with Crippen molar-refractivity contribution in [2.45, 2.75) is 26.2 Å². The van der Waals surface area contributed by atoms with Crippen LogP contribution in [0.2, 0.25) is 0 Å². The molecule has 2 amide bonds. The Balaban J connectivity index is 1.52. The Hall–Kier alpha value is -2.89.